The van der Waals surface area contributed by atoms with Crippen LogP contribution >= 0.6 is 23.2 Å². The zero-order valence-corrected chi connectivity index (χ0v) is 24.6. The summed E-state index contributed by atoms with van der Waals surface area (Å²) in [6.07, 6.45) is 2.67. The number of hydrogen-bond acceptors (Lipinski definition) is 4. The van der Waals surface area contributed by atoms with Crippen molar-refractivity contribution in [3.05, 3.63) is 57.6 Å². The van der Waals surface area contributed by atoms with Crippen LogP contribution < -0.4 is 11.1 Å². The number of guanidine groups is 1. The first-order valence-electron chi connectivity index (χ1n) is 13.8. The lowest BCUT2D eigenvalue weighted by molar-refractivity contribution is -0.108. The van der Waals surface area contributed by atoms with Crippen molar-refractivity contribution in [2.45, 2.75) is 52.2 Å². The molecule has 3 saturated carbocycles. The molecule has 9 heteroatoms. The van der Waals surface area contributed by atoms with Gasteiger partial charge in [0.25, 0.3) is 5.91 Å². The number of nitrogens with two attached hydrogens (primary N) is 1. The zero-order valence-electron chi connectivity index (χ0n) is 23.1. The van der Waals surface area contributed by atoms with Crippen molar-refractivity contribution in [3.63, 3.8) is 0 Å². The molecule has 1 amide bonds. The summed E-state index contributed by atoms with van der Waals surface area (Å²) in [5, 5.41) is 14.6. The van der Waals surface area contributed by atoms with Crippen LogP contribution in [-0.4, -0.2) is 65.6 Å². The van der Waals surface area contributed by atoms with Gasteiger partial charge in [-0.15, -0.1) is 0 Å². The molecular formula is C30H39Cl2N5O2. The van der Waals surface area contributed by atoms with Crippen LogP contribution in [0.4, 0.5) is 11.4 Å². The van der Waals surface area contributed by atoms with Gasteiger partial charge in [-0.2, -0.15) is 0 Å². The lowest BCUT2D eigenvalue weighted by atomic mass is 9.45. The number of β-amino-alcohol motifs (C(OH)–C–C–N with tert-alkyl or cyclic N) is 1. The number of aliphatic hydroxyl groups is 1. The van der Waals surface area contributed by atoms with E-state index >= 15 is 0 Å². The van der Waals surface area contributed by atoms with E-state index in [2.05, 4.69) is 31.0 Å². The van der Waals surface area contributed by atoms with Gasteiger partial charge < -0.3 is 26.0 Å². The molecule has 0 radical (unpaired) electrons. The molecule has 2 aromatic carbocycles. The van der Waals surface area contributed by atoms with Crippen molar-refractivity contribution < 1.29 is 9.90 Å². The molecule has 4 N–H and O–H groups in total. The molecule has 210 valence electrons. The number of nitrogens with zero attached hydrogens (tertiary/aromatic N) is 3. The standard InChI is InChI=1S/C30H39Cl2N5O2/c1-17-24-11-19(30(24,2)3)12-27(17)35-29(37-15-22(38)16-37)34-21-7-8-23(26(33)14-21)28(39)36(4)10-9-18-5-6-20(31)13-25(18)32/h5-8,13-14,17,19,22,24,27,38H,9-12,15-16,33H2,1-4H3,(H,34,35)/t17-,19-,24+,27?/m0/s1. The Morgan fingerprint density at radius 1 is 1.21 bits per heavy atom. The maximum atomic E-state index is 13.2. The minimum Gasteiger partial charge on any atom is -0.398 e. The molecule has 0 aromatic heterocycles. The van der Waals surface area contributed by atoms with E-state index in [0.29, 0.717) is 70.5 Å². The molecule has 39 heavy (non-hydrogen) atoms. The van der Waals surface area contributed by atoms with Gasteiger partial charge in [0.05, 0.1) is 17.7 Å². The molecular weight excluding hydrogens is 533 g/mol. The Labute approximate surface area is 241 Å². The number of likely N-dealkylation sites (N-methyl/N-ethyl adjacent to an activating group) is 1. The Kier molecular flexibility index (Phi) is 7.79. The molecule has 2 bridgehead atoms. The van der Waals surface area contributed by atoms with E-state index in [0.717, 1.165) is 23.6 Å². The first-order chi connectivity index (χ1) is 18.4. The monoisotopic (exact) mass is 571 g/mol. The molecule has 4 atom stereocenters. The van der Waals surface area contributed by atoms with Crippen molar-refractivity contribution in [1.82, 2.24) is 9.80 Å². The van der Waals surface area contributed by atoms with Crippen molar-refractivity contribution in [1.29, 1.82) is 0 Å². The number of likely N-dealkylation sites (tertiary alicyclic amines) is 1. The predicted octanol–water partition coefficient (Wildman–Crippen LogP) is 5.41. The summed E-state index contributed by atoms with van der Waals surface area (Å²) in [5.74, 6) is 2.54. The van der Waals surface area contributed by atoms with Gasteiger partial charge in [-0.3, -0.25) is 4.79 Å². The zero-order chi connectivity index (χ0) is 28.1. The Bertz CT molecular complexity index is 1280. The summed E-state index contributed by atoms with van der Waals surface area (Å²) in [6.45, 7) is 8.71. The fourth-order valence-electron chi connectivity index (χ4n) is 6.56. The lowest BCUT2D eigenvalue weighted by Gasteiger charge is -2.61. The molecule has 4 fully saturated rings. The fourth-order valence-corrected chi connectivity index (χ4v) is 7.06. The largest absolute Gasteiger partial charge is 0.398 e. The molecule has 4 aliphatic rings. The van der Waals surface area contributed by atoms with Gasteiger partial charge in [0.1, 0.15) is 0 Å². The molecule has 7 nitrogen and oxygen atoms in total. The van der Waals surface area contributed by atoms with Crippen LogP contribution in [0.3, 0.4) is 0 Å². The number of anilines is 2. The van der Waals surface area contributed by atoms with Crippen molar-refractivity contribution in [2.24, 2.45) is 28.2 Å². The molecule has 6 rings (SSSR count). The first-order valence-corrected chi connectivity index (χ1v) is 14.6. The van der Waals surface area contributed by atoms with Gasteiger partial charge in [0.15, 0.2) is 5.96 Å². The first kappa shape index (κ1) is 28.1. The van der Waals surface area contributed by atoms with Crippen molar-refractivity contribution in [3.8, 4) is 0 Å². The van der Waals surface area contributed by atoms with E-state index in [1.54, 1.807) is 36.2 Å². The quantitative estimate of drug-likeness (QED) is 0.245. The van der Waals surface area contributed by atoms with Crippen molar-refractivity contribution in [2.75, 3.05) is 37.7 Å². The van der Waals surface area contributed by atoms with Crippen LogP contribution in [0, 0.1) is 23.2 Å². The summed E-state index contributed by atoms with van der Waals surface area (Å²) in [4.78, 5) is 22.1. The van der Waals surface area contributed by atoms with Crippen LogP contribution in [0.25, 0.3) is 0 Å². The normalized spacial score (nSPS) is 26.0. The second kappa shape index (κ2) is 10.8. The average molecular weight is 573 g/mol. The summed E-state index contributed by atoms with van der Waals surface area (Å²) in [5.41, 5.74) is 9.33. The molecule has 1 heterocycles. The fraction of sp³-hybridized carbons (Fsp3) is 0.533. The van der Waals surface area contributed by atoms with Crippen LogP contribution in [0.2, 0.25) is 10.0 Å². The number of hydrogen-bond donors (Lipinski definition) is 3. The molecule has 0 spiro atoms. The Hall–Kier alpha value is -2.48. The number of nitrogen functional groups attached to an aromatic ring is 1. The van der Waals surface area contributed by atoms with Crippen molar-refractivity contribution >= 4 is 46.4 Å². The van der Waals surface area contributed by atoms with E-state index in [1.165, 1.54) is 6.42 Å². The highest BCUT2D eigenvalue weighted by Crippen LogP contribution is 2.61. The maximum absolute atomic E-state index is 13.2. The van der Waals surface area contributed by atoms with Gasteiger partial charge in [-0.05, 0) is 78.3 Å². The maximum Gasteiger partial charge on any atom is 0.255 e. The smallest absolute Gasteiger partial charge is 0.255 e. The number of halogens is 2. The van der Waals surface area contributed by atoms with Gasteiger partial charge >= 0.3 is 0 Å². The third-order valence-electron chi connectivity index (χ3n) is 9.38. The summed E-state index contributed by atoms with van der Waals surface area (Å²) >= 11 is 12.3. The highest BCUT2D eigenvalue weighted by molar-refractivity contribution is 6.35. The number of aliphatic hydroxyl groups excluding tert-OH is 1. The average Bonchev–Trinajstić information content (AvgIpc) is 2.86. The number of carbonyl (C=O) groups is 1. The summed E-state index contributed by atoms with van der Waals surface area (Å²) < 4.78 is 0. The highest BCUT2D eigenvalue weighted by Gasteiger charge is 2.56. The van der Waals surface area contributed by atoms with Crippen LogP contribution in [-0.2, 0) is 6.42 Å². The van der Waals surface area contributed by atoms with Crippen LogP contribution in [0.1, 0.15) is 49.5 Å². The predicted molar refractivity (Wildman–Crippen MR) is 160 cm³/mol. The van der Waals surface area contributed by atoms with E-state index < -0.39 is 0 Å². The number of amides is 1. The number of aliphatic imine (C=N–C) groups is 1. The molecule has 1 aliphatic heterocycles. The minimum absolute atomic E-state index is 0.151. The Morgan fingerprint density at radius 2 is 1.95 bits per heavy atom. The highest BCUT2D eigenvalue weighted by atomic mass is 35.5. The van der Waals surface area contributed by atoms with E-state index in [4.69, 9.17) is 33.9 Å². The Morgan fingerprint density at radius 3 is 2.56 bits per heavy atom. The van der Waals surface area contributed by atoms with Crippen LogP contribution in [0.15, 0.2) is 41.4 Å². The number of fused-ring (bicyclic) bond motifs is 2. The SMILES string of the molecule is C[C@@H]1C(N=C(Nc2ccc(C(=O)N(C)CCc3ccc(Cl)cc3Cl)c(N)c2)N2CC(O)C2)C[C@@H]2C[C@H]1C2(C)C. The van der Waals surface area contributed by atoms with Gasteiger partial charge in [-0.1, -0.05) is 50.0 Å². The Balaban J connectivity index is 1.27. The number of rotatable bonds is 6. The molecule has 2 aromatic rings. The summed E-state index contributed by atoms with van der Waals surface area (Å²) in [7, 11) is 1.76. The van der Waals surface area contributed by atoms with Gasteiger partial charge in [0, 0.05) is 48.1 Å². The third-order valence-corrected chi connectivity index (χ3v) is 9.97. The topological polar surface area (TPSA) is 94.2 Å². The number of carbonyl (C=O) groups excluding carboxylic acids is 1. The van der Waals surface area contributed by atoms with Gasteiger partial charge in [0.2, 0.25) is 0 Å². The molecule has 3 aliphatic carbocycles. The van der Waals surface area contributed by atoms with Gasteiger partial charge in [-0.25, -0.2) is 4.99 Å². The lowest BCUT2D eigenvalue weighted by Crippen LogP contribution is -2.58. The van der Waals surface area contributed by atoms with E-state index in [9.17, 15) is 9.90 Å². The minimum atomic E-state index is -0.337. The second-order valence-corrected chi connectivity index (χ2v) is 13.0. The second-order valence-electron chi connectivity index (χ2n) is 12.2. The summed E-state index contributed by atoms with van der Waals surface area (Å²) in [6, 6.07) is 11.0. The molecule has 1 saturated heterocycles. The number of benzene rings is 2. The van der Waals surface area contributed by atoms with E-state index in [1.807, 2.05) is 12.1 Å². The van der Waals surface area contributed by atoms with E-state index in [-0.39, 0.29) is 18.1 Å². The van der Waals surface area contributed by atoms with Crippen LogP contribution in [0.5, 0.6) is 0 Å². The third kappa shape index (κ3) is 5.59. The molecule has 1 unspecified atom stereocenters. The number of nitrogens with one attached hydrogen (secondary N) is 1.